The number of hydrogen-bond acceptors (Lipinski definition) is 9. The summed E-state index contributed by atoms with van der Waals surface area (Å²) in [6.45, 7) is 1.15. The van der Waals surface area contributed by atoms with Crippen LogP contribution < -0.4 is 27.4 Å². The third-order valence-corrected chi connectivity index (χ3v) is 4.28. The standard InChI is InChI=1S/C16H27N5O9S/c1-6(22)12(21-13(26)7(17)2-3-10(18)23)15(28)19-8(4-11(24)25)14(27)20-9(5-31)16(29)30/h6-9,12,22,31H,2-5,17H2,1H3,(H2,18,23)(H,19,28)(H,20,27)(H,21,26)(H,24,25)(H,29,30). The molecule has 31 heavy (non-hydrogen) atoms. The summed E-state index contributed by atoms with van der Waals surface area (Å²) in [6.07, 6.45) is -2.71. The van der Waals surface area contributed by atoms with Crippen LogP contribution in [0.1, 0.15) is 26.2 Å². The van der Waals surface area contributed by atoms with Crippen molar-refractivity contribution in [1.82, 2.24) is 16.0 Å². The fraction of sp³-hybridized carbons (Fsp3) is 0.625. The highest BCUT2D eigenvalue weighted by Gasteiger charge is 2.33. The van der Waals surface area contributed by atoms with Crippen molar-refractivity contribution in [3.05, 3.63) is 0 Å². The lowest BCUT2D eigenvalue weighted by molar-refractivity contribution is -0.143. The van der Waals surface area contributed by atoms with Crippen molar-refractivity contribution >= 4 is 48.2 Å². The van der Waals surface area contributed by atoms with Gasteiger partial charge in [-0.3, -0.25) is 24.0 Å². The van der Waals surface area contributed by atoms with Crippen molar-refractivity contribution in [2.75, 3.05) is 5.75 Å². The summed E-state index contributed by atoms with van der Waals surface area (Å²) in [5.41, 5.74) is 10.6. The number of amides is 4. The summed E-state index contributed by atoms with van der Waals surface area (Å²) in [5.74, 6) is -7.05. The molecular weight excluding hydrogens is 438 g/mol. The molecule has 0 spiro atoms. The van der Waals surface area contributed by atoms with E-state index in [9.17, 15) is 33.9 Å². The molecule has 0 aliphatic rings. The van der Waals surface area contributed by atoms with Crippen LogP contribution in [-0.4, -0.2) is 86.9 Å². The van der Waals surface area contributed by atoms with Crippen molar-refractivity contribution in [3.8, 4) is 0 Å². The molecule has 5 unspecified atom stereocenters. The SMILES string of the molecule is CC(O)C(NC(=O)C(N)CCC(N)=O)C(=O)NC(CC(=O)O)C(=O)NC(CS)C(=O)O. The van der Waals surface area contributed by atoms with Gasteiger partial charge in [-0.1, -0.05) is 0 Å². The summed E-state index contributed by atoms with van der Waals surface area (Å²) in [4.78, 5) is 69.7. The largest absolute Gasteiger partial charge is 0.481 e. The number of aliphatic carboxylic acids is 2. The first-order chi connectivity index (χ1) is 14.3. The average Bonchev–Trinajstić information content (AvgIpc) is 2.66. The summed E-state index contributed by atoms with van der Waals surface area (Å²) in [7, 11) is 0. The molecule has 0 saturated carbocycles. The second-order valence-corrected chi connectivity index (χ2v) is 6.94. The molecule has 0 fully saturated rings. The summed E-state index contributed by atoms with van der Waals surface area (Å²) in [5, 5.41) is 34.0. The number of nitrogens with two attached hydrogens (primary N) is 2. The highest BCUT2D eigenvalue weighted by atomic mass is 32.1. The molecule has 15 heteroatoms. The number of nitrogens with one attached hydrogen (secondary N) is 3. The Morgan fingerprint density at radius 1 is 0.935 bits per heavy atom. The molecule has 10 N–H and O–H groups in total. The van der Waals surface area contributed by atoms with Crippen molar-refractivity contribution < 1.29 is 44.1 Å². The van der Waals surface area contributed by atoms with Gasteiger partial charge in [-0.25, -0.2) is 4.79 Å². The molecule has 5 atom stereocenters. The molecule has 0 radical (unpaired) electrons. The maximum atomic E-state index is 12.5. The van der Waals surface area contributed by atoms with Gasteiger partial charge in [0.05, 0.1) is 18.6 Å². The van der Waals surface area contributed by atoms with Gasteiger partial charge in [-0.15, -0.1) is 0 Å². The van der Waals surface area contributed by atoms with E-state index in [0.717, 1.165) is 6.92 Å². The molecule has 0 rings (SSSR count). The second kappa shape index (κ2) is 13.4. The lowest BCUT2D eigenvalue weighted by Gasteiger charge is -2.25. The predicted octanol–water partition coefficient (Wildman–Crippen LogP) is -4.10. The van der Waals surface area contributed by atoms with E-state index < -0.39 is 72.3 Å². The molecule has 0 bridgehead atoms. The number of primary amides is 1. The van der Waals surface area contributed by atoms with E-state index in [2.05, 4.69) is 23.3 Å². The van der Waals surface area contributed by atoms with Gasteiger partial charge in [0.25, 0.3) is 0 Å². The average molecular weight is 465 g/mol. The zero-order valence-electron chi connectivity index (χ0n) is 16.6. The lowest BCUT2D eigenvalue weighted by Crippen LogP contribution is -2.60. The molecule has 0 saturated heterocycles. The Kier molecular flexibility index (Phi) is 12.1. The van der Waals surface area contributed by atoms with Crippen LogP contribution in [0.5, 0.6) is 0 Å². The molecule has 0 aliphatic carbocycles. The molecule has 0 heterocycles. The van der Waals surface area contributed by atoms with Crippen molar-refractivity contribution in [3.63, 3.8) is 0 Å². The number of hydrogen-bond donors (Lipinski definition) is 9. The van der Waals surface area contributed by atoms with Crippen LogP contribution in [0.4, 0.5) is 0 Å². The third kappa shape index (κ3) is 10.6. The number of carboxylic acid groups (broad SMARTS) is 2. The van der Waals surface area contributed by atoms with E-state index in [1.165, 1.54) is 0 Å². The van der Waals surface area contributed by atoms with Crippen LogP contribution in [0.2, 0.25) is 0 Å². The Labute approximate surface area is 182 Å². The van der Waals surface area contributed by atoms with Gasteiger partial charge in [0.2, 0.25) is 23.6 Å². The van der Waals surface area contributed by atoms with Crippen molar-refractivity contribution in [2.45, 2.75) is 56.5 Å². The fourth-order valence-corrected chi connectivity index (χ4v) is 2.45. The Balaban J connectivity index is 5.33. The monoisotopic (exact) mass is 465 g/mol. The maximum Gasteiger partial charge on any atom is 0.327 e. The number of aliphatic hydroxyl groups excluding tert-OH is 1. The quantitative estimate of drug-likeness (QED) is 0.112. The van der Waals surface area contributed by atoms with Crippen LogP contribution in [0.3, 0.4) is 0 Å². The number of carboxylic acids is 2. The van der Waals surface area contributed by atoms with Gasteiger partial charge in [0, 0.05) is 12.2 Å². The normalized spacial score (nSPS) is 15.5. The molecule has 176 valence electrons. The first kappa shape index (κ1) is 28.1. The Hall–Kier alpha value is -2.91. The van der Waals surface area contributed by atoms with E-state index in [-0.39, 0.29) is 18.6 Å². The molecule has 4 amide bonds. The van der Waals surface area contributed by atoms with Crippen LogP contribution in [-0.2, 0) is 28.8 Å². The van der Waals surface area contributed by atoms with E-state index in [1.807, 2.05) is 5.32 Å². The van der Waals surface area contributed by atoms with Crippen LogP contribution in [0, 0.1) is 0 Å². The number of carbonyl (C=O) groups excluding carboxylic acids is 4. The highest BCUT2D eigenvalue weighted by molar-refractivity contribution is 7.80. The molecule has 14 nitrogen and oxygen atoms in total. The summed E-state index contributed by atoms with van der Waals surface area (Å²) in [6, 6.07) is -6.02. The number of thiol groups is 1. The van der Waals surface area contributed by atoms with E-state index in [4.69, 9.17) is 21.7 Å². The van der Waals surface area contributed by atoms with E-state index in [1.54, 1.807) is 0 Å². The van der Waals surface area contributed by atoms with Crippen molar-refractivity contribution in [2.24, 2.45) is 11.5 Å². The number of aliphatic hydroxyl groups is 1. The predicted molar refractivity (Wildman–Crippen MR) is 108 cm³/mol. The van der Waals surface area contributed by atoms with Gasteiger partial charge in [0.15, 0.2) is 0 Å². The molecule has 0 aliphatic heterocycles. The molecule has 0 aromatic carbocycles. The van der Waals surface area contributed by atoms with Gasteiger partial charge in [-0.2, -0.15) is 12.6 Å². The highest BCUT2D eigenvalue weighted by Crippen LogP contribution is 2.02. The van der Waals surface area contributed by atoms with E-state index >= 15 is 0 Å². The maximum absolute atomic E-state index is 12.5. The van der Waals surface area contributed by atoms with Gasteiger partial charge in [0.1, 0.15) is 18.1 Å². The fourth-order valence-electron chi connectivity index (χ4n) is 2.20. The van der Waals surface area contributed by atoms with Gasteiger partial charge >= 0.3 is 11.9 Å². The van der Waals surface area contributed by atoms with E-state index in [0.29, 0.717) is 0 Å². The first-order valence-electron chi connectivity index (χ1n) is 8.98. The topological polar surface area (TPSA) is 251 Å². The van der Waals surface area contributed by atoms with Crippen LogP contribution in [0.25, 0.3) is 0 Å². The zero-order chi connectivity index (χ0) is 24.3. The molecular formula is C16H27N5O9S. The van der Waals surface area contributed by atoms with Gasteiger partial charge in [-0.05, 0) is 13.3 Å². The number of carbonyl (C=O) groups is 6. The second-order valence-electron chi connectivity index (χ2n) is 6.58. The number of rotatable bonds is 14. The van der Waals surface area contributed by atoms with Crippen LogP contribution in [0.15, 0.2) is 0 Å². The third-order valence-electron chi connectivity index (χ3n) is 3.91. The minimum atomic E-state index is -1.71. The Morgan fingerprint density at radius 3 is 1.90 bits per heavy atom. The van der Waals surface area contributed by atoms with Gasteiger partial charge < -0.3 is 42.7 Å². The molecule has 0 aromatic heterocycles. The summed E-state index contributed by atoms with van der Waals surface area (Å²) >= 11 is 3.76. The Morgan fingerprint density at radius 2 is 1.48 bits per heavy atom. The minimum absolute atomic E-state index is 0.125. The summed E-state index contributed by atoms with van der Waals surface area (Å²) < 4.78 is 0. The lowest BCUT2D eigenvalue weighted by atomic mass is 10.1. The smallest absolute Gasteiger partial charge is 0.327 e. The first-order valence-corrected chi connectivity index (χ1v) is 9.61. The minimum Gasteiger partial charge on any atom is -0.481 e. The molecule has 0 aromatic rings. The van der Waals surface area contributed by atoms with Crippen LogP contribution >= 0.6 is 12.6 Å². The Bertz CT molecular complexity index is 703. The zero-order valence-corrected chi connectivity index (χ0v) is 17.5. The van der Waals surface area contributed by atoms with Crippen molar-refractivity contribution in [1.29, 1.82) is 0 Å².